The summed E-state index contributed by atoms with van der Waals surface area (Å²) in [5.41, 5.74) is 0.675. The highest BCUT2D eigenvalue weighted by atomic mass is 19.1. The lowest BCUT2D eigenvalue weighted by Gasteiger charge is -2.04. The molecule has 2 aromatic rings. The van der Waals surface area contributed by atoms with Crippen LogP contribution in [0.25, 0.3) is 0 Å². The minimum Gasteiger partial charge on any atom is -0.508 e. The number of aryl methyl sites for hydroxylation is 1. The van der Waals surface area contributed by atoms with Crippen LogP contribution in [0, 0.1) is 5.82 Å². The van der Waals surface area contributed by atoms with E-state index >= 15 is 0 Å². The Bertz CT molecular complexity index is 490. The minimum atomic E-state index is -0.444. The van der Waals surface area contributed by atoms with Crippen LogP contribution in [0.1, 0.15) is 12.5 Å². The maximum absolute atomic E-state index is 13.0. The molecule has 0 atom stereocenters. The topological polar surface area (TPSA) is 50.1 Å². The van der Waals surface area contributed by atoms with Crippen molar-refractivity contribution in [1.29, 1.82) is 0 Å². The van der Waals surface area contributed by atoms with E-state index in [1.54, 1.807) is 4.68 Å². The second-order valence-electron chi connectivity index (χ2n) is 3.73. The number of phenols is 1. The minimum absolute atomic E-state index is 0.0686. The molecule has 90 valence electrons. The van der Waals surface area contributed by atoms with Gasteiger partial charge >= 0.3 is 0 Å². The third kappa shape index (κ3) is 2.96. The molecular weight excluding hydrogens is 221 g/mol. The molecule has 1 aromatic carbocycles. The lowest BCUT2D eigenvalue weighted by atomic mass is 10.2. The molecule has 1 heterocycles. The van der Waals surface area contributed by atoms with Gasteiger partial charge in [-0.2, -0.15) is 5.10 Å². The average molecular weight is 235 g/mol. The van der Waals surface area contributed by atoms with Gasteiger partial charge in [0, 0.05) is 31.4 Å². The number of anilines is 1. The number of benzene rings is 1. The van der Waals surface area contributed by atoms with Crippen LogP contribution in [-0.4, -0.2) is 14.9 Å². The van der Waals surface area contributed by atoms with Gasteiger partial charge in [0.25, 0.3) is 0 Å². The van der Waals surface area contributed by atoms with E-state index in [0.717, 1.165) is 18.4 Å². The summed E-state index contributed by atoms with van der Waals surface area (Å²) in [5.74, 6) is 0.220. The summed E-state index contributed by atoms with van der Waals surface area (Å²) in [6, 6.07) is 5.83. The molecule has 0 saturated carbocycles. The number of hydrogen-bond donors (Lipinski definition) is 2. The van der Waals surface area contributed by atoms with Gasteiger partial charge in [-0.1, -0.05) is 0 Å². The van der Waals surface area contributed by atoms with E-state index in [2.05, 4.69) is 10.4 Å². The summed E-state index contributed by atoms with van der Waals surface area (Å²) in [6.45, 7) is 3.23. The van der Waals surface area contributed by atoms with Crippen molar-refractivity contribution in [3.63, 3.8) is 0 Å². The van der Waals surface area contributed by atoms with E-state index in [1.165, 1.54) is 12.1 Å². The third-order valence-electron chi connectivity index (χ3n) is 2.38. The number of aromatic nitrogens is 2. The average Bonchev–Trinajstić information content (AvgIpc) is 2.73. The Kier molecular flexibility index (Phi) is 3.27. The van der Waals surface area contributed by atoms with E-state index in [-0.39, 0.29) is 5.75 Å². The van der Waals surface area contributed by atoms with Gasteiger partial charge in [0.1, 0.15) is 17.4 Å². The quantitative estimate of drug-likeness (QED) is 0.855. The lowest BCUT2D eigenvalue weighted by Crippen LogP contribution is -2.02. The van der Waals surface area contributed by atoms with Crippen molar-refractivity contribution in [2.45, 2.75) is 20.0 Å². The highest BCUT2D eigenvalue weighted by molar-refractivity contribution is 5.36. The van der Waals surface area contributed by atoms with Crippen LogP contribution in [0.4, 0.5) is 10.2 Å². The first-order valence-electron chi connectivity index (χ1n) is 5.43. The molecule has 0 unspecified atom stereocenters. The monoisotopic (exact) mass is 235 g/mol. The SMILES string of the molecule is CCn1ccc(NCc2cc(O)cc(F)c2)n1. The second-order valence-corrected chi connectivity index (χ2v) is 3.73. The summed E-state index contributed by atoms with van der Waals surface area (Å²) in [7, 11) is 0. The Balaban J connectivity index is 2.01. The van der Waals surface area contributed by atoms with Crippen LogP contribution in [0.2, 0.25) is 0 Å². The lowest BCUT2D eigenvalue weighted by molar-refractivity contribution is 0.468. The summed E-state index contributed by atoms with van der Waals surface area (Å²) in [6.07, 6.45) is 1.87. The van der Waals surface area contributed by atoms with E-state index in [1.807, 2.05) is 19.2 Å². The molecular formula is C12H14FN3O. The van der Waals surface area contributed by atoms with Crippen molar-refractivity contribution in [3.05, 3.63) is 41.8 Å². The Morgan fingerprint density at radius 2 is 2.24 bits per heavy atom. The molecule has 4 nitrogen and oxygen atoms in total. The predicted molar refractivity (Wildman–Crippen MR) is 63.3 cm³/mol. The van der Waals surface area contributed by atoms with Gasteiger partial charge in [-0.05, 0) is 24.6 Å². The van der Waals surface area contributed by atoms with E-state index < -0.39 is 5.82 Å². The standard InChI is InChI=1S/C12H14FN3O/c1-2-16-4-3-12(15-16)14-8-9-5-10(13)7-11(17)6-9/h3-7,17H,2,8H2,1H3,(H,14,15). The Hall–Kier alpha value is -2.04. The molecule has 2 rings (SSSR count). The molecule has 1 aromatic heterocycles. The molecule has 0 fully saturated rings. The Morgan fingerprint density at radius 3 is 2.88 bits per heavy atom. The second kappa shape index (κ2) is 4.86. The largest absolute Gasteiger partial charge is 0.508 e. The van der Waals surface area contributed by atoms with Crippen molar-refractivity contribution in [2.75, 3.05) is 5.32 Å². The number of hydrogen-bond acceptors (Lipinski definition) is 3. The molecule has 0 aliphatic carbocycles. The van der Waals surface area contributed by atoms with E-state index in [9.17, 15) is 9.50 Å². The zero-order valence-electron chi connectivity index (χ0n) is 9.52. The van der Waals surface area contributed by atoms with Gasteiger partial charge in [-0.15, -0.1) is 0 Å². The molecule has 0 aliphatic rings. The smallest absolute Gasteiger partial charge is 0.148 e. The van der Waals surface area contributed by atoms with Gasteiger partial charge in [0.2, 0.25) is 0 Å². The van der Waals surface area contributed by atoms with Crippen molar-refractivity contribution in [2.24, 2.45) is 0 Å². The summed E-state index contributed by atoms with van der Waals surface area (Å²) in [4.78, 5) is 0. The highest BCUT2D eigenvalue weighted by Gasteiger charge is 2.01. The molecule has 0 spiro atoms. The number of phenolic OH excluding ortho intramolecular Hbond substituents is 1. The van der Waals surface area contributed by atoms with Crippen LogP contribution < -0.4 is 5.32 Å². The Morgan fingerprint density at radius 1 is 1.41 bits per heavy atom. The van der Waals surface area contributed by atoms with Crippen LogP contribution in [0.15, 0.2) is 30.5 Å². The normalized spacial score (nSPS) is 10.5. The number of nitrogens with one attached hydrogen (secondary N) is 1. The van der Waals surface area contributed by atoms with Crippen LogP contribution in [0.5, 0.6) is 5.75 Å². The first-order chi connectivity index (χ1) is 8.17. The summed E-state index contributed by atoms with van der Waals surface area (Å²) in [5, 5.41) is 16.5. The first kappa shape index (κ1) is 11.4. The number of halogens is 1. The highest BCUT2D eigenvalue weighted by Crippen LogP contribution is 2.15. The van der Waals surface area contributed by atoms with E-state index in [0.29, 0.717) is 12.1 Å². The molecule has 5 heteroatoms. The number of nitrogens with zero attached hydrogens (tertiary/aromatic N) is 2. The fourth-order valence-corrected chi connectivity index (χ4v) is 1.56. The van der Waals surface area contributed by atoms with Crippen molar-refractivity contribution < 1.29 is 9.50 Å². The van der Waals surface area contributed by atoms with Crippen molar-refractivity contribution in [1.82, 2.24) is 9.78 Å². The van der Waals surface area contributed by atoms with E-state index in [4.69, 9.17) is 0 Å². The molecule has 0 radical (unpaired) electrons. The maximum atomic E-state index is 13.0. The zero-order valence-corrected chi connectivity index (χ0v) is 9.52. The van der Waals surface area contributed by atoms with Crippen molar-refractivity contribution >= 4 is 5.82 Å². The number of rotatable bonds is 4. The van der Waals surface area contributed by atoms with Crippen LogP contribution in [0.3, 0.4) is 0 Å². The Labute approximate surface area is 98.7 Å². The maximum Gasteiger partial charge on any atom is 0.148 e. The number of aromatic hydroxyl groups is 1. The summed E-state index contributed by atoms with van der Waals surface area (Å²) >= 11 is 0. The fourth-order valence-electron chi connectivity index (χ4n) is 1.56. The fraction of sp³-hybridized carbons (Fsp3) is 0.250. The van der Waals surface area contributed by atoms with Gasteiger partial charge in [0.05, 0.1) is 0 Å². The van der Waals surface area contributed by atoms with Crippen molar-refractivity contribution in [3.8, 4) is 5.75 Å². The van der Waals surface area contributed by atoms with Gasteiger partial charge in [0.15, 0.2) is 0 Å². The molecule has 0 amide bonds. The molecule has 0 bridgehead atoms. The van der Waals surface area contributed by atoms with Gasteiger partial charge in [-0.25, -0.2) is 4.39 Å². The van der Waals surface area contributed by atoms with Crippen LogP contribution >= 0.6 is 0 Å². The molecule has 0 saturated heterocycles. The van der Waals surface area contributed by atoms with Gasteiger partial charge in [-0.3, -0.25) is 4.68 Å². The third-order valence-corrected chi connectivity index (χ3v) is 2.38. The van der Waals surface area contributed by atoms with Gasteiger partial charge < -0.3 is 10.4 Å². The predicted octanol–water partition coefficient (Wildman–Crippen LogP) is 2.36. The molecule has 17 heavy (non-hydrogen) atoms. The zero-order chi connectivity index (χ0) is 12.3. The first-order valence-corrected chi connectivity index (χ1v) is 5.43. The summed E-state index contributed by atoms with van der Waals surface area (Å²) < 4.78 is 14.8. The molecule has 0 aliphatic heterocycles. The molecule has 2 N–H and O–H groups in total. The van der Waals surface area contributed by atoms with Crippen LogP contribution in [-0.2, 0) is 13.1 Å².